The maximum atomic E-state index is 14.0. The number of hydrogen-bond donors (Lipinski definition) is 0. The maximum Gasteiger partial charge on any atom is 0.256 e. The number of aromatic nitrogens is 2. The Morgan fingerprint density at radius 1 is 0.935 bits per heavy atom. The first kappa shape index (κ1) is 20.9. The number of carbonyl (C=O) groups is 1. The average Bonchev–Trinajstić information content (AvgIpc) is 2.77. The Kier molecular flexibility index (Phi) is 5.93. The third-order valence-corrected chi connectivity index (χ3v) is 5.57. The van der Waals surface area contributed by atoms with Crippen molar-refractivity contribution < 1.29 is 13.6 Å². The van der Waals surface area contributed by atoms with Crippen molar-refractivity contribution in [3.63, 3.8) is 0 Å². The summed E-state index contributed by atoms with van der Waals surface area (Å²) in [6.07, 6.45) is 0.593. The van der Waals surface area contributed by atoms with Crippen molar-refractivity contribution in [2.45, 2.75) is 20.3 Å². The molecule has 31 heavy (non-hydrogen) atoms. The maximum absolute atomic E-state index is 14.0. The lowest BCUT2D eigenvalue weighted by Crippen LogP contribution is -2.49. The highest BCUT2D eigenvalue weighted by atomic mass is 19.1. The number of nitrogens with zero attached hydrogens (tertiary/aromatic N) is 4. The van der Waals surface area contributed by atoms with Crippen molar-refractivity contribution in [3.8, 4) is 0 Å². The number of halogens is 2. The van der Waals surface area contributed by atoms with Crippen LogP contribution >= 0.6 is 0 Å². The fourth-order valence-corrected chi connectivity index (χ4v) is 3.92. The van der Waals surface area contributed by atoms with E-state index in [2.05, 4.69) is 9.88 Å². The predicted molar refractivity (Wildman–Crippen MR) is 115 cm³/mol. The summed E-state index contributed by atoms with van der Waals surface area (Å²) in [4.78, 5) is 25.7. The van der Waals surface area contributed by atoms with Gasteiger partial charge in [0.2, 0.25) is 0 Å². The molecule has 0 bridgehead atoms. The summed E-state index contributed by atoms with van der Waals surface area (Å²) >= 11 is 0. The average molecular weight is 422 g/mol. The Bertz CT molecular complexity index is 1090. The minimum atomic E-state index is -0.501. The van der Waals surface area contributed by atoms with E-state index in [-0.39, 0.29) is 17.3 Å². The van der Waals surface area contributed by atoms with Gasteiger partial charge < -0.3 is 9.80 Å². The van der Waals surface area contributed by atoms with Gasteiger partial charge in [0.15, 0.2) is 0 Å². The lowest BCUT2D eigenvalue weighted by atomic mass is 10.0. The molecule has 1 fully saturated rings. The quantitative estimate of drug-likeness (QED) is 0.639. The van der Waals surface area contributed by atoms with Crippen LogP contribution in [0.3, 0.4) is 0 Å². The lowest BCUT2D eigenvalue weighted by Gasteiger charge is -2.36. The molecule has 0 aliphatic carbocycles. The van der Waals surface area contributed by atoms with Crippen molar-refractivity contribution in [1.82, 2.24) is 14.9 Å². The fourth-order valence-electron chi connectivity index (χ4n) is 3.92. The monoisotopic (exact) mass is 422 g/mol. The van der Waals surface area contributed by atoms with Crippen molar-refractivity contribution >= 4 is 11.7 Å². The highest BCUT2D eigenvalue weighted by Gasteiger charge is 2.26. The molecule has 1 aliphatic rings. The van der Waals surface area contributed by atoms with Gasteiger partial charge in [0.05, 0.1) is 5.56 Å². The summed E-state index contributed by atoms with van der Waals surface area (Å²) in [7, 11) is 0. The van der Waals surface area contributed by atoms with Gasteiger partial charge in [-0.05, 0) is 43.7 Å². The van der Waals surface area contributed by atoms with E-state index in [9.17, 15) is 13.6 Å². The third-order valence-electron chi connectivity index (χ3n) is 5.57. The zero-order chi connectivity index (χ0) is 22.0. The van der Waals surface area contributed by atoms with Crippen LogP contribution in [-0.2, 0) is 6.42 Å². The second kappa shape index (κ2) is 8.79. The van der Waals surface area contributed by atoms with Gasteiger partial charge in [-0.15, -0.1) is 0 Å². The van der Waals surface area contributed by atoms with Crippen LogP contribution in [0.2, 0.25) is 0 Å². The zero-order valence-corrected chi connectivity index (χ0v) is 17.6. The van der Waals surface area contributed by atoms with Gasteiger partial charge in [-0.2, -0.15) is 0 Å². The van der Waals surface area contributed by atoms with E-state index in [0.29, 0.717) is 38.4 Å². The van der Waals surface area contributed by atoms with Crippen LogP contribution in [0.5, 0.6) is 0 Å². The minimum Gasteiger partial charge on any atom is -0.353 e. The Morgan fingerprint density at radius 2 is 1.61 bits per heavy atom. The van der Waals surface area contributed by atoms with Crippen LogP contribution in [0.25, 0.3) is 0 Å². The predicted octanol–water partition coefficient (Wildman–Crippen LogP) is 3.92. The molecule has 1 aromatic heterocycles. The summed E-state index contributed by atoms with van der Waals surface area (Å²) in [5, 5.41) is 0. The molecule has 2 aromatic carbocycles. The largest absolute Gasteiger partial charge is 0.353 e. The summed E-state index contributed by atoms with van der Waals surface area (Å²) in [5.41, 5.74) is 2.95. The Morgan fingerprint density at radius 3 is 2.29 bits per heavy atom. The summed E-state index contributed by atoms with van der Waals surface area (Å²) in [5.74, 6) is 0.460. The van der Waals surface area contributed by atoms with Gasteiger partial charge in [-0.25, -0.2) is 18.7 Å². The molecule has 4 rings (SSSR count). The molecule has 0 spiro atoms. The van der Waals surface area contributed by atoms with Crippen molar-refractivity contribution in [2.24, 2.45) is 0 Å². The van der Waals surface area contributed by atoms with E-state index >= 15 is 0 Å². The number of piperazine rings is 1. The number of anilines is 1. The van der Waals surface area contributed by atoms with Gasteiger partial charge in [-0.3, -0.25) is 4.79 Å². The number of carbonyl (C=O) groups excluding carboxylic acids is 1. The summed E-state index contributed by atoms with van der Waals surface area (Å²) in [6, 6.07) is 12.5. The van der Waals surface area contributed by atoms with E-state index in [0.717, 1.165) is 22.6 Å². The van der Waals surface area contributed by atoms with Crippen LogP contribution in [0.1, 0.15) is 33.0 Å². The van der Waals surface area contributed by atoms with Crippen LogP contribution in [0.4, 0.5) is 14.6 Å². The molecule has 2 heterocycles. The molecule has 0 radical (unpaired) electrons. The summed E-state index contributed by atoms with van der Waals surface area (Å²) < 4.78 is 27.3. The smallest absolute Gasteiger partial charge is 0.256 e. The van der Waals surface area contributed by atoms with E-state index < -0.39 is 5.82 Å². The molecule has 160 valence electrons. The number of amides is 1. The summed E-state index contributed by atoms with van der Waals surface area (Å²) in [6.45, 7) is 5.95. The minimum absolute atomic E-state index is 0.0988. The van der Waals surface area contributed by atoms with Gasteiger partial charge in [0, 0.05) is 43.9 Å². The zero-order valence-electron chi connectivity index (χ0n) is 17.6. The van der Waals surface area contributed by atoms with Crippen LogP contribution in [0, 0.1) is 25.5 Å². The Balaban J connectivity index is 1.53. The topological polar surface area (TPSA) is 49.3 Å². The molecule has 0 unspecified atom stereocenters. The molecule has 1 saturated heterocycles. The number of benzene rings is 2. The highest BCUT2D eigenvalue weighted by Crippen LogP contribution is 2.25. The van der Waals surface area contributed by atoms with Gasteiger partial charge in [0.25, 0.3) is 5.91 Å². The number of rotatable bonds is 4. The van der Waals surface area contributed by atoms with Gasteiger partial charge in [0.1, 0.15) is 23.3 Å². The van der Waals surface area contributed by atoms with Crippen molar-refractivity contribution in [3.05, 3.63) is 88.4 Å². The molecular formula is C24H24F2N4O. The standard InChI is InChI=1S/C24H24F2N4O/c1-16-21(15-18-7-9-19(25)10-8-18)23(28-17(2)27-16)29-11-13-30(14-12-29)24(31)20-5-3-4-6-22(20)26/h3-10H,11-15H2,1-2H3. The van der Waals surface area contributed by atoms with E-state index in [1.165, 1.54) is 24.3 Å². The number of hydrogen-bond acceptors (Lipinski definition) is 4. The molecule has 7 heteroatoms. The lowest BCUT2D eigenvalue weighted by molar-refractivity contribution is 0.0741. The molecular weight excluding hydrogens is 398 g/mol. The fraction of sp³-hybridized carbons (Fsp3) is 0.292. The van der Waals surface area contributed by atoms with E-state index in [4.69, 9.17) is 4.98 Å². The first-order valence-electron chi connectivity index (χ1n) is 10.3. The molecule has 5 nitrogen and oxygen atoms in total. The molecule has 1 amide bonds. The second-order valence-electron chi connectivity index (χ2n) is 7.72. The molecule has 0 saturated carbocycles. The van der Waals surface area contributed by atoms with Crippen LogP contribution < -0.4 is 4.90 Å². The SMILES string of the molecule is Cc1nc(C)c(Cc2ccc(F)cc2)c(N2CCN(C(=O)c3ccccc3F)CC2)n1. The third kappa shape index (κ3) is 4.55. The highest BCUT2D eigenvalue weighted by molar-refractivity contribution is 5.94. The number of aryl methyl sites for hydroxylation is 2. The molecule has 3 aromatic rings. The van der Waals surface area contributed by atoms with Gasteiger partial charge >= 0.3 is 0 Å². The molecule has 1 aliphatic heterocycles. The molecule has 0 atom stereocenters. The Labute approximate surface area is 180 Å². The molecule has 0 N–H and O–H groups in total. The van der Waals surface area contributed by atoms with Crippen LogP contribution in [0.15, 0.2) is 48.5 Å². The Hall–Kier alpha value is -3.35. The second-order valence-corrected chi connectivity index (χ2v) is 7.72. The van der Waals surface area contributed by atoms with Crippen molar-refractivity contribution in [1.29, 1.82) is 0 Å². The van der Waals surface area contributed by atoms with Crippen LogP contribution in [-0.4, -0.2) is 47.0 Å². The van der Waals surface area contributed by atoms with Gasteiger partial charge in [-0.1, -0.05) is 24.3 Å². The van der Waals surface area contributed by atoms with E-state index in [1.54, 1.807) is 29.2 Å². The van der Waals surface area contributed by atoms with E-state index in [1.807, 2.05) is 13.8 Å². The van der Waals surface area contributed by atoms with Crippen molar-refractivity contribution in [2.75, 3.05) is 31.1 Å². The first-order chi connectivity index (χ1) is 14.9. The first-order valence-corrected chi connectivity index (χ1v) is 10.3. The normalized spacial score (nSPS) is 14.1.